The van der Waals surface area contributed by atoms with Crippen LogP contribution in [0.3, 0.4) is 0 Å². The van der Waals surface area contributed by atoms with Crippen molar-refractivity contribution in [3.05, 3.63) is 23.8 Å². The van der Waals surface area contributed by atoms with E-state index < -0.39 is 0 Å². The number of hydrogen-bond donors (Lipinski definition) is 1. The molecule has 4 nitrogen and oxygen atoms in total. The van der Waals surface area contributed by atoms with Crippen molar-refractivity contribution in [3.8, 4) is 11.5 Å². The molecule has 2 rings (SSSR count). The molecule has 0 radical (unpaired) electrons. The third-order valence-corrected chi connectivity index (χ3v) is 3.37. The molecule has 0 bridgehead atoms. The van der Waals surface area contributed by atoms with Crippen LogP contribution in [0.15, 0.2) is 18.2 Å². The zero-order chi connectivity index (χ0) is 14.4. The van der Waals surface area contributed by atoms with Gasteiger partial charge in [0.2, 0.25) is 6.79 Å². The minimum absolute atomic E-state index is 0.315. The summed E-state index contributed by atoms with van der Waals surface area (Å²) in [6.45, 7) is 8.48. The van der Waals surface area contributed by atoms with Crippen LogP contribution in [0.2, 0.25) is 0 Å². The summed E-state index contributed by atoms with van der Waals surface area (Å²) in [5.74, 6) is 1.69. The molecular formula is C16H25NO3. The molecule has 0 saturated heterocycles. The van der Waals surface area contributed by atoms with E-state index in [0.29, 0.717) is 18.9 Å². The summed E-state index contributed by atoms with van der Waals surface area (Å²) in [6, 6.07) is 6.44. The van der Waals surface area contributed by atoms with Crippen molar-refractivity contribution in [1.82, 2.24) is 5.32 Å². The van der Waals surface area contributed by atoms with Gasteiger partial charge in [-0.05, 0) is 57.9 Å². The van der Waals surface area contributed by atoms with Gasteiger partial charge >= 0.3 is 0 Å². The van der Waals surface area contributed by atoms with Crippen molar-refractivity contribution in [2.75, 3.05) is 19.9 Å². The average Bonchev–Trinajstić information content (AvgIpc) is 2.89. The van der Waals surface area contributed by atoms with E-state index >= 15 is 0 Å². The van der Waals surface area contributed by atoms with Gasteiger partial charge in [0.25, 0.3) is 0 Å². The van der Waals surface area contributed by atoms with Crippen LogP contribution in [0, 0.1) is 0 Å². The monoisotopic (exact) mass is 279 g/mol. The molecule has 1 aliphatic heterocycles. The Kier molecular flexibility index (Phi) is 5.68. The molecule has 1 aliphatic rings. The smallest absolute Gasteiger partial charge is 0.231 e. The van der Waals surface area contributed by atoms with E-state index in [2.05, 4.69) is 38.2 Å². The van der Waals surface area contributed by atoms with Crippen molar-refractivity contribution in [2.45, 2.75) is 45.8 Å². The second kappa shape index (κ2) is 7.50. The molecule has 4 heteroatoms. The maximum absolute atomic E-state index is 5.53. The third-order valence-electron chi connectivity index (χ3n) is 3.37. The lowest BCUT2D eigenvalue weighted by molar-refractivity contribution is 0.0759. The van der Waals surface area contributed by atoms with Crippen LogP contribution in [0.5, 0.6) is 11.5 Å². The quantitative estimate of drug-likeness (QED) is 0.741. The van der Waals surface area contributed by atoms with E-state index in [1.54, 1.807) is 0 Å². The van der Waals surface area contributed by atoms with Crippen molar-refractivity contribution < 1.29 is 14.2 Å². The second-order valence-corrected chi connectivity index (χ2v) is 5.42. The Morgan fingerprint density at radius 2 is 1.95 bits per heavy atom. The molecule has 0 fully saturated rings. The molecule has 0 saturated carbocycles. The van der Waals surface area contributed by atoms with Gasteiger partial charge in [0.1, 0.15) is 0 Å². The van der Waals surface area contributed by atoms with E-state index in [-0.39, 0.29) is 0 Å². The highest BCUT2D eigenvalue weighted by Gasteiger charge is 2.15. The molecule has 0 amide bonds. The summed E-state index contributed by atoms with van der Waals surface area (Å²) in [5, 5.41) is 3.53. The number of fused-ring (bicyclic) bond motifs is 1. The van der Waals surface area contributed by atoms with Crippen molar-refractivity contribution in [1.29, 1.82) is 0 Å². The SMILES string of the molecule is CC(C)OCCCCNC(C)c1ccc2c(c1)OCO2. The molecule has 1 aromatic carbocycles. The summed E-state index contributed by atoms with van der Waals surface area (Å²) >= 11 is 0. The highest BCUT2D eigenvalue weighted by molar-refractivity contribution is 5.45. The van der Waals surface area contributed by atoms with Gasteiger partial charge in [-0.25, -0.2) is 0 Å². The first-order valence-corrected chi connectivity index (χ1v) is 7.41. The summed E-state index contributed by atoms with van der Waals surface area (Å²) in [6.07, 6.45) is 2.55. The molecule has 1 heterocycles. The number of unbranched alkanes of at least 4 members (excludes halogenated alkanes) is 1. The topological polar surface area (TPSA) is 39.7 Å². The average molecular weight is 279 g/mol. The fraction of sp³-hybridized carbons (Fsp3) is 0.625. The lowest BCUT2D eigenvalue weighted by atomic mass is 10.1. The molecule has 0 aliphatic carbocycles. The summed E-state index contributed by atoms with van der Waals surface area (Å²) in [4.78, 5) is 0. The fourth-order valence-electron chi connectivity index (χ4n) is 2.16. The Balaban J connectivity index is 1.68. The van der Waals surface area contributed by atoms with Crippen molar-refractivity contribution in [3.63, 3.8) is 0 Å². The molecule has 1 aromatic rings. The predicted molar refractivity (Wildman–Crippen MR) is 79.3 cm³/mol. The third kappa shape index (κ3) is 4.39. The lowest BCUT2D eigenvalue weighted by Crippen LogP contribution is -2.20. The number of nitrogens with one attached hydrogen (secondary N) is 1. The van der Waals surface area contributed by atoms with Crippen LogP contribution in [-0.4, -0.2) is 26.0 Å². The van der Waals surface area contributed by atoms with Gasteiger partial charge < -0.3 is 19.5 Å². The number of rotatable bonds is 8. The van der Waals surface area contributed by atoms with E-state index in [1.165, 1.54) is 5.56 Å². The second-order valence-electron chi connectivity index (χ2n) is 5.42. The minimum atomic E-state index is 0.315. The molecule has 1 N–H and O–H groups in total. The normalized spacial score (nSPS) is 14.8. The van der Waals surface area contributed by atoms with E-state index in [0.717, 1.165) is 37.5 Å². The Morgan fingerprint density at radius 3 is 2.75 bits per heavy atom. The molecule has 0 aromatic heterocycles. The van der Waals surface area contributed by atoms with Crippen LogP contribution < -0.4 is 14.8 Å². The van der Waals surface area contributed by atoms with Crippen molar-refractivity contribution in [2.24, 2.45) is 0 Å². The predicted octanol–water partition coefficient (Wildman–Crippen LogP) is 3.27. The molecule has 20 heavy (non-hydrogen) atoms. The number of benzene rings is 1. The Labute approximate surface area is 121 Å². The Morgan fingerprint density at radius 1 is 1.15 bits per heavy atom. The maximum Gasteiger partial charge on any atom is 0.231 e. The molecule has 112 valence electrons. The first-order valence-electron chi connectivity index (χ1n) is 7.41. The summed E-state index contributed by atoms with van der Waals surface area (Å²) < 4.78 is 16.2. The first kappa shape index (κ1) is 15.1. The van der Waals surface area contributed by atoms with Crippen LogP contribution in [0.25, 0.3) is 0 Å². The van der Waals surface area contributed by atoms with Gasteiger partial charge in [-0.2, -0.15) is 0 Å². The summed E-state index contributed by atoms with van der Waals surface area (Å²) in [5.41, 5.74) is 1.23. The van der Waals surface area contributed by atoms with Crippen LogP contribution in [0.1, 0.15) is 45.2 Å². The number of ether oxygens (including phenoxy) is 3. The van der Waals surface area contributed by atoms with Gasteiger partial charge in [0, 0.05) is 12.6 Å². The van der Waals surface area contributed by atoms with Crippen LogP contribution in [-0.2, 0) is 4.74 Å². The molecule has 1 unspecified atom stereocenters. The standard InChI is InChI=1S/C16H25NO3/c1-12(2)18-9-5-4-8-17-13(3)14-6-7-15-16(10-14)20-11-19-15/h6-7,10,12-13,17H,4-5,8-9,11H2,1-3H3. The van der Waals surface area contributed by atoms with E-state index in [1.807, 2.05) is 6.07 Å². The van der Waals surface area contributed by atoms with Crippen molar-refractivity contribution >= 4 is 0 Å². The Bertz CT molecular complexity index is 420. The van der Waals surface area contributed by atoms with E-state index in [9.17, 15) is 0 Å². The zero-order valence-corrected chi connectivity index (χ0v) is 12.6. The van der Waals surface area contributed by atoms with Gasteiger partial charge in [-0.3, -0.25) is 0 Å². The van der Waals surface area contributed by atoms with Crippen LogP contribution >= 0.6 is 0 Å². The largest absolute Gasteiger partial charge is 0.454 e. The molecule has 1 atom stereocenters. The Hall–Kier alpha value is -1.26. The highest BCUT2D eigenvalue weighted by Crippen LogP contribution is 2.34. The van der Waals surface area contributed by atoms with Gasteiger partial charge in [0.05, 0.1) is 6.10 Å². The van der Waals surface area contributed by atoms with Gasteiger partial charge in [-0.15, -0.1) is 0 Å². The minimum Gasteiger partial charge on any atom is -0.454 e. The lowest BCUT2D eigenvalue weighted by Gasteiger charge is -2.15. The van der Waals surface area contributed by atoms with Gasteiger partial charge in [0.15, 0.2) is 11.5 Å². The number of hydrogen-bond acceptors (Lipinski definition) is 4. The maximum atomic E-state index is 5.53. The van der Waals surface area contributed by atoms with E-state index in [4.69, 9.17) is 14.2 Å². The zero-order valence-electron chi connectivity index (χ0n) is 12.6. The highest BCUT2D eigenvalue weighted by atomic mass is 16.7. The molecule has 0 spiro atoms. The molecular weight excluding hydrogens is 254 g/mol. The summed E-state index contributed by atoms with van der Waals surface area (Å²) in [7, 11) is 0. The first-order chi connectivity index (χ1) is 9.66. The van der Waals surface area contributed by atoms with Crippen LogP contribution in [0.4, 0.5) is 0 Å². The van der Waals surface area contributed by atoms with Gasteiger partial charge in [-0.1, -0.05) is 6.07 Å². The fourth-order valence-corrected chi connectivity index (χ4v) is 2.16.